The lowest BCUT2D eigenvalue weighted by Crippen LogP contribution is -2.49. The number of aliphatic hydroxyl groups excluding tert-OH is 1. The van der Waals surface area contributed by atoms with Crippen LogP contribution in [-0.4, -0.2) is 39.8 Å². The maximum Gasteiger partial charge on any atom is 0.119 e. The zero-order valence-corrected chi connectivity index (χ0v) is 18.7. The van der Waals surface area contributed by atoms with Crippen LogP contribution in [0.15, 0.2) is 84.9 Å². The first-order valence-corrected chi connectivity index (χ1v) is 11.5. The van der Waals surface area contributed by atoms with Crippen LogP contribution in [0.25, 0.3) is 0 Å². The molecule has 1 saturated heterocycles. The van der Waals surface area contributed by atoms with Gasteiger partial charge in [0.2, 0.25) is 0 Å². The van der Waals surface area contributed by atoms with E-state index in [9.17, 15) is 10.2 Å². The molecule has 32 heavy (non-hydrogen) atoms. The van der Waals surface area contributed by atoms with E-state index in [1.807, 2.05) is 72.8 Å². The molecule has 0 aliphatic carbocycles. The van der Waals surface area contributed by atoms with Crippen molar-refractivity contribution in [2.24, 2.45) is 0 Å². The molecule has 1 heterocycles. The fourth-order valence-corrected chi connectivity index (χ4v) is 4.48. The van der Waals surface area contributed by atoms with Crippen molar-refractivity contribution >= 4 is 0 Å². The minimum absolute atomic E-state index is 0.0210. The molecule has 3 aromatic carbocycles. The van der Waals surface area contributed by atoms with Crippen molar-refractivity contribution in [3.63, 3.8) is 0 Å². The van der Waals surface area contributed by atoms with E-state index in [1.54, 1.807) is 0 Å². The summed E-state index contributed by atoms with van der Waals surface area (Å²) in [5.74, 6) is 0.793. The molecule has 0 bridgehead atoms. The lowest BCUT2D eigenvalue weighted by Gasteiger charge is -2.42. The number of rotatable bonds is 8. The Morgan fingerprint density at radius 2 is 1.41 bits per heavy atom. The number of nitrogens with zero attached hydrogens (tertiary/aromatic N) is 1. The molecule has 2 atom stereocenters. The van der Waals surface area contributed by atoms with Gasteiger partial charge in [0.15, 0.2) is 0 Å². The highest BCUT2D eigenvalue weighted by Crippen LogP contribution is 2.30. The van der Waals surface area contributed by atoms with E-state index in [0.29, 0.717) is 25.9 Å². The summed E-state index contributed by atoms with van der Waals surface area (Å²) in [7, 11) is 0. The van der Waals surface area contributed by atoms with Crippen molar-refractivity contribution in [3.05, 3.63) is 102 Å². The molecular weight excluding hydrogens is 398 g/mol. The van der Waals surface area contributed by atoms with Gasteiger partial charge in [-0.3, -0.25) is 4.90 Å². The second kappa shape index (κ2) is 10.3. The standard InChI is InChI=1S/C28H33NO3/c1-22(29-18-16-28(31,17-19-29)20-23-8-4-2-5-9-23)27(30)25-12-14-26(15-13-25)32-21-24-10-6-3-7-11-24/h2-15,22,27,30-31H,16-21H2,1H3. The first-order valence-electron chi connectivity index (χ1n) is 11.5. The summed E-state index contributed by atoms with van der Waals surface area (Å²) in [5.41, 5.74) is 2.52. The summed E-state index contributed by atoms with van der Waals surface area (Å²) in [6, 6.07) is 28.0. The fraction of sp³-hybridized carbons (Fsp3) is 0.357. The molecule has 0 radical (unpaired) electrons. The van der Waals surface area contributed by atoms with Crippen molar-refractivity contribution in [2.75, 3.05) is 13.1 Å². The number of hydrogen-bond donors (Lipinski definition) is 2. The molecule has 1 fully saturated rings. The second-order valence-electron chi connectivity index (χ2n) is 8.95. The first-order chi connectivity index (χ1) is 15.5. The van der Waals surface area contributed by atoms with Gasteiger partial charge in [-0.05, 0) is 48.6 Å². The summed E-state index contributed by atoms with van der Waals surface area (Å²) in [6.07, 6.45) is 1.53. The Morgan fingerprint density at radius 1 is 0.844 bits per heavy atom. The van der Waals surface area contributed by atoms with Crippen molar-refractivity contribution in [3.8, 4) is 5.75 Å². The number of ether oxygens (including phenoxy) is 1. The molecule has 0 saturated carbocycles. The number of piperidine rings is 1. The third-order valence-electron chi connectivity index (χ3n) is 6.61. The van der Waals surface area contributed by atoms with Gasteiger partial charge in [0.25, 0.3) is 0 Å². The van der Waals surface area contributed by atoms with Gasteiger partial charge in [0.05, 0.1) is 11.7 Å². The fourth-order valence-electron chi connectivity index (χ4n) is 4.48. The Morgan fingerprint density at radius 3 is 2.00 bits per heavy atom. The average Bonchev–Trinajstić information content (AvgIpc) is 2.84. The second-order valence-corrected chi connectivity index (χ2v) is 8.95. The van der Waals surface area contributed by atoms with Gasteiger partial charge in [-0.1, -0.05) is 72.8 Å². The van der Waals surface area contributed by atoms with Gasteiger partial charge in [-0.2, -0.15) is 0 Å². The molecule has 0 spiro atoms. The predicted octanol–water partition coefficient (Wildman–Crippen LogP) is 4.76. The molecule has 4 rings (SSSR count). The normalized spacial score (nSPS) is 18.1. The Balaban J connectivity index is 1.29. The lowest BCUT2D eigenvalue weighted by atomic mass is 9.84. The summed E-state index contributed by atoms with van der Waals surface area (Å²) < 4.78 is 5.86. The third kappa shape index (κ3) is 5.77. The summed E-state index contributed by atoms with van der Waals surface area (Å²) >= 11 is 0. The number of benzene rings is 3. The van der Waals surface area contributed by atoms with Crippen LogP contribution >= 0.6 is 0 Å². The van der Waals surface area contributed by atoms with Crippen LogP contribution in [0.5, 0.6) is 5.75 Å². The van der Waals surface area contributed by atoms with E-state index in [2.05, 4.69) is 24.0 Å². The van der Waals surface area contributed by atoms with Crippen LogP contribution in [0, 0.1) is 0 Å². The van der Waals surface area contributed by atoms with Crippen LogP contribution in [0.3, 0.4) is 0 Å². The Hall–Kier alpha value is -2.66. The van der Waals surface area contributed by atoms with E-state index in [4.69, 9.17) is 4.74 Å². The minimum atomic E-state index is -0.666. The van der Waals surface area contributed by atoms with E-state index in [1.165, 1.54) is 5.56 Å². The number of hydrogen-bond acceptors (Lipinski definition) is 4. The van der Waals surface area contributed by atoms with Crippen LogP contribution in [0.1, 0.15) is 42.6 Å². The topological polar surface area (TPSA) is 52.9 Å². The van der Waals surface area contributed by atoms with E-state index in [0.717, 1.165) is 30.0 Å². The molecule has 4 nitrogen and oxygen atoms in total. The molecule has 0 aromatic heterocycles. The zero-order valence-electron chi connectivity index (χ0n) is 18.7. The summed E-state index contributed by atoms with van der Waals surface area (Å²) in [5, 5.41) is 22.0. The molecule has 4 heteroatoms. The van der Waals surface area contributed by atoms with Crippen molar-refractivity contribution < 1.29 is 14.9 Å². The van der Waals surface area contributed by atoms with Gasteiger partial charge in [-0.15, -0.1) is 0 Å². The molecule has 1 aliphatic heterocycles. The van der Waals surface area contributed by atoms with Crippen LogP contribution in [0.2, 0.25) is 0 Å². The van der Waals surface area contributed by atoms with Gasteiger partial charge < -0.3 is 14.9 Å². The highest BCUT2D eigenvalue weighted by atomic mass is 16.5. The SMILES string of the molecule is CC(C(O)c1ccc(OCc2ccccc2)cc1)N1CCC(O)(Cc2ccccc2)CC1. The third-order valence-corrected chi connectivity index (χ3v) is 6.61. The van der Waals surface area contributed by atoms with Crippen molar-refractivity contribution in [1.29, 1.82) is 0 Å². The van der Waals surface area contributed by atoms with Gasteiger partial charge in [0, 0.05) is 25.6 Å². The largest absolute Gasteiger partial charge is 0.489 e. The van der Waals surface area contributed by atoms with Gasteiger partial charge in [-0.25, -0.2) is 0 Å². The maximum absolute atomic E-state index is 11.0. The summed E-state index contributed by atoms with van der Waals surface area (Å²) in [4.78, 5) is 2.28. The summed E-state index contributed by atoms with van der Waals surface area (Å²) in [6.45, 7) is 4.14. The van der Waals surface area contributed by atoms with Crippen LogP contribution in [-0.2, 0) is 13.0 Å². The number of likely N-dealkylation sites (tertiary alicyclic amines) is 1. The molecule has 2 unspecified atom stereocenters. The molecule has 2 N–H and O–H groups in total. The Kier molecular flexibility index (Phi) is 7.26. The predicted molar refractivity (Wildman–Crippen MR) is 128 cm³/mol. The molecule has 1 aliphatic rings. The molecule has 3 aromatic rings. The monoisotopic (exact) mass is 431 g/mol. The highest BCUT2D eigenvalue weighted by Gasteiger charge is 2.35. The molecular formula is C28H33NO3. The quantitative estimate of drug-likeness (QED) is 0.540. The van der Waals surface area contributed by atoms with Crippen LogP contribution < -0.4 is 4.74 Å². The molecule has 168 valence electrons. The first kappa shape index (κ1) is 22.5. The van der Waals surface area contributed by atoms with E-state index < -0.39 is 11.7 Å². The van der Waals surface area contributed by atoms with Gasteiger partial charge in [0.1, 0.15) is 12.4 Å². The van der Waals surface area contributed by atoms with E-state index >= 15 is 0 Å². The zero-order chi connectivity index (χ0) is 22.4. The number of aliphatic hydroxyl groups is 2. The maximum atomic E-state index is 11.0. The Bertz CT molecular complexity index is 951. The Labute approximate surface area is 191 Å². The lowest BCUT2D eigenvalue weighted by molar-refractivity contribution is -0.0456. The highest BCUT2D eigenvalue weighted by molar-refractivity contribution is 5.29. The minimum Gasteiger partial charge on any atom is -0.489 e. The van der Waals surface area contributed by atoms with E-state index in [-0.39, 0.29) is 6.04 Å². The van der Waals surface area contributed by atoms with Gasteiger partial charge >= 0.3 is 0 Å². The molecule has 0 amide bonds. The van der Waals surface area contributed by atoms with Crippen LogP contribution in [0.4, 0.5) is 0 Å². The smallest absolute Gasteiger partial charge is 0.119 e. The average molecular weight is 432 g/mol. The van der Waals surface area contributed by atoms with Crippen molar-refractivity contribution in [2.45, 2.75) is 50.5 Å². The van der Waals surface area contributed by atoms with Crippen molar-refractivity contribution in [1.82, 2.24) is 4.90 Å².